The molecule has 1 unspecified atom stereocenters. The summed E-state index contributed by atoms with van der Waals surface area (Å²) >= 11 is 0. The number of primary amides is 1. The molecule has 31 heteroatoms. The Morgan fingerprint density at radius 1 is 0.767 bits per heavy atom. The van der Waals surface area contributed by atoms with Gasteiger partial charge in [-0.25, -0.2) is 0 Å². The van der Waals surface area contributed by atoms with E-state index in [0.29, 0.717) is 5.56 Å². The SMILES string of the molecule is CC(=O)N[C@@H]1C(=O)N(C)[C@@H](CCCN=C(N)N)C(=O)N[C@@H](CO)C(=O)N[C@@H](CC(=O)O)C(=O)N[C@@H](C(C)O)C(=O)N[C@@H](CC(C)C)C(=O)N[C@H](C(=O)N[C@@H](Cc2ccc(C(C)(C)C)cc2)C(=O)N[C@@H](CCC(=O)O)CC(N)=O)C(C)(C)SSC1(C)C. The largest absolute Gasteiger partial charge is 0.481 e. The second kappa shape index (κ2) is 33.6. The van der Waals surface area contributed by atoms with E-state index >= 15 is 4.79 Å². The number of nitrogens with two attached hydrogens (primary N) is 3. The average Bonchev–Trinajstić information content (AvgIpc) is 1.48. The first-order valence-electron chi connectivity index (χ1n) is 27.9. The Kier molecular flexibility index (Phi) is 29.2. The third kappa shape index (κ3) is 24.6. The fourth-order valence-electron chi connectivity index (χ4n) is 8.85. The van der Waals surface area contributed by atoms with Crippen LogP contribution in [0.1, 0.15) is 132 Å². The molecule has 1 aromatic carbocycles. The van der Waals surface area contributed by atoms with Crippen LogP contribution in [-0.4, -0.2) is 192 Å². The van der Waals surface area contributed by atoms with Gasteiger partial charge in [-0.3, -0.25) is 62.5 Å². The van der Waals surface area contributed by atoms with Crippen LogP contribution in [0.5, 0.6) is 0 Å². The number of aliphatic hydroxyl groups is 2. The van der Waals surface area contributed by atoms with Gasteiger partial charge in [-0.1, -0.05) is 80.5 Å². The van der Waals surface area contributed by atoms with Crippen molar-refractivity contribution in [2.75, 3.05) is 20.2 Å². The van der Waals surface area contributed by atoms with Crippen LogP contribution >= 0.6 is 21.6 Å². The molecule has 0 saturated carbocycles. The Morgan fingerprint density at radius 3 is 1.84 bits per heavy atom. The maximum absolute atomic E-state index is 15.3. The predicted octanol–water partition coefficient (Wildman–Crippen LogP) is -2.11. The molecule has 0 bridgehead atoms. The number of carboxylic acid groups (broad SMARTS) is 2. The van der Waals surface area contributed by atoms with E-state index < -0.39 is 167 Å². The van der Waals surface area contributed by atoms with Gasteiger partial charge in [-0.2, -0.15) is 0 Å². The number of aliphatic hydroxyl groups excluding tert-OH is 2. The van der Waals surface area contributed by atoms with E-state index in [4.69, 9.17) is 17.2 Å². The molecule has 1 heterocycles. The van der Waals surface area contributed by atoms with Gasteiger partial charge in [0.25, 0.3) is 0 Å². The quantitative estimate of drug-likeness (QED) is 0.0256. The Labute approximate surface area is 508 Å². The highest BCUT2D eigenvalue weighted by atomic mass is 33.1. The first-order valence-corrected chi connectivity index (χ1v) is 30.0. The molecule has 10 amide bonds. The number of carbonyl (C=O) groups excluding carboxylic acids is 10. The number of hydrogen-bond donors (Lipinski definition) is 15. The molecule has 0 spiro atoms. The summed E-state index contributed by atoms with van der Waals surface area (Å²) in [5.41, 5.74) is 17.7. The van der Waals surface area contributed by atoms with Crippen molar-refractivity contribution in [3.8, 4) is 0 Å². The number of aliphatic carboxylic acids is 2. The summed E-state index contributed by atoms with van der Waals surface area (Å²) in [4.78, 5) is 170. The Bertz CT molecular complexity index is 2630. The first kappa shape index (κ1) is 74.8. The van der Waals surface area contributed by atoms with Crippen LogP contribution in [0.15, 0.2) is 29.3 Å². The molecule has 1 saturated heterocycles. The van der Waals surface area contributed by atoms with Crippen molar-refractivity contribution in [3.63, 3.8) is 0 Å². The van der Waals surface area contributed by atoms with Crippen molar-refractivity contribution < 1.29 is 78.0 Å². The summed E-state index contributed by atoms with van der Waals surface area (Å²) in [6, 6.07) is -7.66. The lowest BCUT2D eigenvalue weighted by molar-refractivity contribution is -0.144. The Morgan fingerprint density at radius 2 is 1.33 bits per heavy atom. The second-order valence-electron chi connectivity index (χ2n) is 23.7. The van der Waals surface area contributed by atoms with Gasteiger partial charge in [-0.15, -0.1) is 0 Å². The van der Waals surface area contributed by atoms with E-state index in [1.165, 1.54) is 20.9 Å². The number of nitrogens with one attached hydrogen (secondary N) is 8. The molecule has 86 heavy (non-hydrogen) atoms. The predicted molar refractivity (Wildman–Crippen MR) is 321 cm³/mol. The van der Waals surface area contributed by atoms with Gasteiger partial charge in [0.2, 0.25) is 59.1 Å². The van der Waals surface area contributed by atoms with E-state index in [1.807, 2.05) is 32.9 Å². The summed E-state index contributed by atoms with van der Waals surface area (Å²) in [5.74, 6) is -13.7. The molecule has 0 aromatic heterocycles. The van der Waals surface area contributed by atoms with E-state index in [1.54, 1.807) is 39.8 Å². The van der Waals surface area contributed by atoms with Crippen molar-refractivity contribution in [2.45, 2.75) is 203 Å². The van der Waals surface area contributed by atoms with Crippen molar-refractivity contribution in [1.82, 2.24) is 47.4 Å². The van der Waals surface area contributed by atoms with Gasteiger partial charge < -0.3 is 85.1 Å². The normalized spacial score (nSPS) is 23.1. The highest BCUT2D eigenvalue weighted by molar-refractivity contribution is 8.77. The van der Waals surface area contributed by atoms with Crippen molar-refractivity contribution in [2.24, 2.45) is 28.1 Å². The maximum atomic E-state index is 15.3. The van der Waals surface area contributed by atoms with Crippen molar-refractivity contribution in [1.29, 1.82) is 0 Å². The zero-order chi connectivity index (χ0) is 65.8. The van der Waals surface area contributed by atoms with Gasteiger partial charge >= 0.3 is 11.9 Å². The number of nitrogens with zero attached hydrogens (tertiary/aromatic N) is 2. The van der Waals surface area contributed by atoms with E-state index in [-0.39, 0.29) is 55.9 Å². The average molecular weight is 1250 g/mol. The van der Waals surface area contributed by atoms with Crippen molar-refractivity contribution in [3.05, 3.63) is 35.4 Å². The summed E-state index contributed by atoms with van der Waals surface area (Å²) in [7, 11) is 3.14. The minimum atomic E-state index is -2.04. The number of guanidine groups is 1. The Balaban J connectivity index is 3.07. The van der Waals surface area contributed by atoms with Gasteiger partial charge in [0.15, 0.2) is 5.96 Å². The number of rotatable bonds is 22. The van der Waals surface area contributed by atoms with Gasteiger partial charge in [0.1, 0.15) is 48.3 Å². The van der Waals surface area contributed by atoms with Crippen LogP contribution in [0.25, 0.3) is 0 Å². The number of hydrogen-bond acceptors (Lipinski definition) is 17. The highest BCUT2D eigenvalue weighted by Crippen LogP contribution is 2.47. The number of carbonyl (C=O) groups is 12. The standard InChI is InChI=1S/C55H89N13O16S2/c1-27(2)22-33-46(79)67-42(50(83)64-34(23-30-15-17-31(18-16-30)53(5,6)7)44(77)61-32(24-38(56)72)19-20-39(73)74)54(8,9)85-86-55(10,11)43(60-29(4)71)51(84)68(12)37(14-13-21-59-52(57)58)48(81)65-36(26-69)47(80)62-35(25-40(75)76)45(78)66-41(28(3)70)49(82)63-33/h15-18,27-28,32-37,41-43,69-70H,13-14,19-26H2,1-12H3,(H2,56,72)(H,60,71)(H,61,77)(H,62,80)(H,63,82)(H,64,83)(H,65,81)(H,66,78)(H,67,79)(H,73,74)(H,75,76)(H4,57,58,59)/t28?,32-,33-,34-,35-,36-,37-,41-,42+,43+/m0/s1. The van der Waals surface area contributed by atoms with Crippen LogP contribution in [0, 0.1) is 5.92 Å². The summed E-state index contributed by atoms with van der Waals surface area (Å²) < 4.78 is -2.98. The second-order valence-corrected chi connectivity index (χ2v) is 27.1. The smallest absolute Gasteiger partial charge is 0.305 e. The zero-order valence-corrected chi connectivity index (χ0v) is 52.5. The fourth-order valence-corrected chi connectivity index (χ4v) is 11.7. The number of amides is 10. The molecule has 29 nitrogen and oxygen atoms in total. The summed E-state index contributed by atoms with van der Waals surface area (Å²) in [6.07, 6.45) is -4.57. The number of aliphatic imine (C=N–C) groups is 1. The molecule has 0 radical (unpaired) electrons. The number of carboxylic acids is 2. The molecule has 0 aliphatic carbocycles. The highest BCUT2D eigenvalue weighted by Gasteiger charge is 2.47. The topological polar surface area (TPSA) is 476 Å². The lowest BCUT2D eigenvalue weighted by Crippen LogP contribution is -2.64. The van der Waals surface area contributed by atoms with Gasteiger partial charge in [-0.05, 0) is 82.8 Å². The van der Waals surface area contributed by atoms with Crippen LogP contribution in [0.2, 0.25) is 0 Å². The first-order chi connectivity index (χ1) is 39.7. The van der Waals surface area contributed by atoms with Crippen LogP contribution in [0.4, 0.5) is 0 Å². The zero-order valence-electron chi connectivity index (χ0n) is 50.9. The molecule has 1 aliphatic rings. The number of likely N-dealkylation sites (N-methyl/N-ethyl adjacent to an activating group) is 1. The molecule has 1 fully saturated rings. The monoisotopic (exact) mass is 1250 g/mol. The third-order valence-electron chi connectivity index (χ3n) is 13.7. The molecule has 482 valence electrons. The fraction of sp³-hybridized carbons (Fsp3) is 0.655. The minimum absolute atomic E-state index is 0.0351. The van der Waals surface area contributed by atoms with E-state index in [2.05, 4.69) is 47.5 Å². The molecule has 1 aliphatic heterocycles. The van der Waals surface area contributed by atoms with Crippen LogP contribution in [-0.2, 0) is 69.4 Å². The summed E-state index contributed by atoms with van der Waals surface area (Å²) in [5, 5.41) is 60.7. The van der Waals surface area contributed by atoms with Gasteiger partial charge in [0, 0.05) is 55.3 Å². The third-order valence-corrected chi connectivity index (χ3v) is 17.9. The molecule has 2 rings (SSSR count). The van der Waals surface area contributed by atoms with Crippen molar-refractivity contribution >= 4 is 98.6 Å². The maximum Gasteiger partial charge on any atom is 0.305 e. The van der Waals surface area contributed by atoms with E-state index in [0.717, 1.165) is 45.9 Å². The van der Waals surface area contributed by atoms with Gasteiger partial charge in [0.05, 0.1) is 19.1 Å². The van der Waals surface area contributed by atoms with Crippen LogP contribution in [0.3, 0.4) is 0 Å². The molecular formula is C55H89N13O16S2. The molecule has 1 aromatic rings. The number of benzene rings is 1. The summed E-state index contributed by atoms with van der Waals surface area (Å²) in [6.45, 7) is 16.6. The van der Waals surface area contributed by atoms with Crippen LogP contribution < -0.4 is 59.7 Å². The van der Waals surface area contributed by atoms with E-state index in [9.17, 15) is 73.2 Å². The Hall–Kier alpha value is -7.25. The molecular weight excluding hydrogens is 1160 g/mol. The molecule has 10 atom stereocenters. The lowest BCUT2D eigenvalue weighted by atomic mass is 9.86. The molecule has 18 N–H and O–H groups in total. The lowest BCUT2D eigenvalue weighted by Gasteiger charge is -2.40. The minimum Gasteiger partial charge on any atom is -0.481 e.